The second-order valence-corrected chi connectivity index (χ2v) is 10.6. The van der Waals surface area contributed by atoms with Crippen molar-refractivity contribution >= 4 is 40.7 Å². The van der Waals surface area contributed by atoms with E-state index in [0.29, 0.717) is 12.1 Å². The Balaban J connectivity index is 1.42. The van der Waals surface area contributed by atoms with Crippen molar-refractivity contribution in [1.82, 2.24) is 35.5 Å². The molecule has 1 aliphatic rings. The Bertz CT molecular complexity index is 1270. The maximum absolute atomic E-state index is 12.3. The van der Waals surface area contributed by atoms with E-state index in [1.807, 2.05) is 6.92 Å². The van der Waals surface area contributed by atoms with Gasteiger partial charge in [-0.3, -0.25) is 23.7 Å². The first-order chi connectivity index (χ1) is 19.9. The van der Waals surface area contributed by atoms with Gasteiger partial charge in [-0.1, -0.05) is 20.8 Å². The zero-order valence-electron chi connectivity index (χ0n) is 23.6. The van der Waals surface area contributed by atoms with Crippen LogP contribution in [0, 0.1) is 5.41 Å². The number of nitrogens with zero attached hydrogens (tertiary/aromatic N) is 4. The molecule has 232 valence electrons. The zero-order valence-corrected chi connectivity index (χ0v) is 23.6. The molecule has 3 amide bonds. The summed E-state index contributed by atoms with van der Waals surface area (Å²) >= 11 is 0. The number of carbonyl (C=O) groups is 4. The number of aliphatic hydroxyl groups excluding tert-OH is 3. The van der Waals surface area contributed by atoms with E-state index in [4.69, 9.17) is 15.2 Å². The Morgan fingerprint density at radius 1 is 1.10 bits per heavy atom. The van der Waals surface area contributed by atoms with E-state index in [1.165, 1.54) is 31.1 Å². The first-order valence-electron chi connectivity index (χ1n) is 13.4. The molecule has 0 saturated carbocycles. The highest BCUT2D eigenvalue weighted by Crippen LogP contribution is 2.31. The van der Waals surface area contributed by atoms with E-state index in [-0.39, 0.29) is 43.5 Å². The quantitative estimate of drug-likeness (QED) is 0.0883. The number of aromatic nitrogens is 4. The number of esters is 1. The highest BCUT2D eigenvalue weighted by molar-refractivity contribution is 5.94. The molecule has 1 saturated heterocycles. The smallest absolute Gasteiger partial charge is 0.315 e. The number of hydrogen-bond acceptors (Lipinski definition) is 13. The lowest BCUT2D eigenvalue weighted by Gasteiger charge is -2.29. The molecule has 0 aliphatic carbocycles. The van der Waals surface area contributed by atoms with Crippen molar-refractivity contribution in [3.8, 4) is 0 Å². The van der Waals surface area contributed by atoms with Crippen LogP contribution in [-0.4, -0.2) is 109 Å². The van der Waals surface area contributed by atoms with Crippen LogP contribution in [0.3, 0.4) is 0 Å². The molecule has 3 rings (SSSR count). The number of fused-ring (bicyclic) bond motifs is 1. The highest BCUT2D eigenvalue weighted by Gasteiger charge is 2.44. The molecule has 42 heavy (non-hydrogen) atoms. The third-order valence-electron chi connectivity index (χ3n) is 6.62. The molecule has 17 heteroatoms. The van der Waals surface area contributed by atoms with Gasteiger partial charge in [0.1, 0.15) is 42.7 Å². The van der Waals surface area contributed by atoms with Gasteiger partial charge in [-0.15, -0.1) is 0 Å². The molecule has 2 aromatic rings. The van der Waals surface area contributed by atoms with E-state index >= 15 is 0 Å². The average molecular weight is 595 g/mol. The Labute approximate surface area is 241 Å². The van der Waals surface area contributed by atoms with Crippen LogP contribution in [0.15, 0.2) is 12.7 Å². The van der Waals surface area contributed by atoms with Gasteiger partial charge in [0.05, 0.1) is 12.9 Å². The number of aliphatic hydroxyl groups is 3. The summed E-state index contributed by atoms with van der Waals surface area (Å²) in [7, 11) is 0. The minimum absolute atomic E-state index is 0.0283. The number of anilines is 1. The number of rotatable bonds is 14. The van der Waals surface area contributed by atoms with Crippen molar-refractivity contribution in [1.29, 1.82) is 0 Å². The van der Waals surface area contributed by atoms with Gasteiger partial charge in [0.2, 0.25) is 17.7 Å². The van der Waals surface area contributed by atoms with Crippen molar-refractivity contribution in [3.63, 3.8) is 0 Å². The van der Waals surface area contributed by atoms with Gasteiger partial charge >= 0.3 is 5.97 Å². The van der Waals surface area contributed by atoms with Crippen molar-refractivity contribution in [2.24, 2.45) is 5.41 Å². The summed E-state index contributed by atoms with van der Waals surface area (Å²) in [6, 6.07) is 0. The minimum atomic E-state index is -1.55. The molecule has 0 aromatic carbocycles. The van der Waals surface area contributed by atoms with Crippen molar-refractivity contribution < 1.29 is 44.0 Å². The van der Waals surface area contributed by atoms with Crippen LogP contribution < -0.4 is 21.7 Å². The molecule has 0 spiro atoms. The summed E-state index contributed by atoms with van der Waals surface area (Å²) in [6.45, 7) is 4.88. The van der Waals surface area contributed by atoms with Crippen LogP contribution in [0.1, 0.15) is 46.3 Å². The Hall–Kier alpha value is -3.93. The van der Waals surface area contributed by atoms with Gasteiger partial charge in [0.25, 0.3) is 0 Å². The van der Waals surface area contributed by atoms with Gasteiger partial charge in [0, 0.05) is 31.5 Å². The van der Waals surface area contributed by atoms with E-state index in [1.54, 1.807) is 0 Å². The molecule has 5 atom stereocenters. The predicted molar refractivity (Wildman–Crippen MR) is 145 cm³/mol. The minimum Gasteiger partial charge on any atom is -0.465 e. The second kappa shape index (κ2) is 14.3. The summed E-state index contributed by atoms with van der Waals surface area (Å²) in [5.41, 5.74) is 5.17. The molecule has 2 aromatic heterocycles. The van der Waals surface area contributed by atoms with Gasteiger partial charge < -0.3 is 46.5 Å². The van der Waals surface area contributed by atoms with E-state index in [9.17, 15) is 34.5 Å². The molecule has 0 unspecified atom stereocenters. The number of nitrogen functional groups attached to an aromatic ring is 1. The third-order valence-corrected chi connectivity index (χ3v) is 6.62. The van der Waals surface area contributed by atoms with E-state index in [0.717, 1.165) is 6.42 Å². The van der Waals surface area contributed by atoms with Crippen molar-refractivity contribution in [2.45, 2.75) is 70.7 Å². The normalized spacial score (nSPS) is 21.1. The lowest BCUT2D eigenvalue weighted by Crippen LogP contribution is -2.47. The van der Waals surface area contributed by atoms with Gasteiger partial charge in [-0.25, -0.2) is 15.0 Å². The maximum atomic E-state index is 12.3. The number of nitrogens with two attached hydrogens (primary N) is 1. The lowest BCUT2D eigenvalue weighted by molar-refractivity contribution is -0.155. The fourth-order valence-electron chi connectivity index (χ4n) is 4.09. The summed E-state index contributed by atoms with van der Waals surface area (Å²) in [6.07, 6.45) is -3.69. The molecule has 0 radical (unpaired) electrons. The van der Waals surface area contributed by atoms with Crippen LogP contribution >= 0.6 is 0 Å². The Morgan fingerprint density at radius 3 is 2.55 bits per heavy atom. The van der Waals surface area contributed by atoms with Gasteiger partial charge in [-0.05, 0) is 6.42 Å². The van der Waals surface area contributed by atoms with E-state index in [2.05, 4.69) is 30.9 Å². The number of imidazole rings is 1. The van der Waals surface area contributed by atoms with E-state index < -0.39 is 60.3 Å². The van der Waals surface area contributed by atoms with Crippen LogP contribution in [-0.2, 0) is 28.7 Å². The average Bonchev–Trinajstić information content (AvgIpc) is 3.50. The van der Waals surface area contributed by atoms with Crippen molar-refractivity contribution in [2.75, 3.05) is 32.0 Å². The van der Waals surface area contributed by atoms with Crippen LogP contribution in [0.25, 0.3) is 11.2 Å². The first kappa shape index (κ1) is 32.6. The summed E-state index contributed by atoms with van der Waals surface area (Å²) < 4.78 is 12.2. The molecule has 1 aliphatic heterocycles. The number of carbonyl (C=O) groups excluding carboxylic acids is 4. The number of hydrogen-bond donors (Lipinski definition) is 7. The summed E-state index contributed by atoms with van der Waals surface area (Å²) in [4.78, 5) is 60.5. The molecular formula is C25H38N8O9. The molecular weight excluding hydrogens is 556 g/mol. The monoisotopic (exact) mass is 594 g/mol. The Morgan fingerprint density at radius 2 is 1.83 bits per heavy atom. The molecule has 0 bridgehead atoms. The van der Waals surface area contributed by atoms with Crippen LogP contribution in [0.5, 0.6) is 0 Å². The number of nitrogens with one attached hydrogen (secondary N) is 3. The lowest BCUT2D eigenvalue weighted by atomic mass is 9.87. The molecule has 1 fully saturated rings. The molecule has 17 nitrogen and oxygen atoms in total. The van der Waals surface area contributed by atoms with Crippen LogP contribution in [0.2, 0.25) is 0 Å². The summed E-state index contributed by atoms with van der Waals surface area (Å²) in [5, 5.41) is 39.0. The topological polar surface area (TPSA) is 253 Å². The van der Waals surface area contributed by atoms with Crippen LogP contribution in [0.4, 0.5) is 5.82 Å². The first-order valence-corrected chi connectivity index (χ1v) is 13.4. The second-order valence-electron chi connectivity index (χ2n) is 10.6. The highest BCUT2D eigenvalue weighted by atomic mass is 16.6. The van der Waals surface area contributed by atoms with Gasteiger partial charge in [-0.2, -0.15) is 0 Å². The fourth-order valence-corrected chi connectivity index (χ4v) is 4.09. The van der Waals surface area contributed by atoms with Gasteiger partial charge in [0.15, 0.2) is 17.7 Å². The largest absolute Gasteiger partial charge is 0.465 e. The predicted octanol–water partition coefficient (Wildman–Crippen LogP) is -2.50. The maximum Gasteiger partial charge on any atom is 0.315 e. The fraction of sp³-hybridized carbons (Fsp3) is 0.640. The Kier molecular flexibility index (Phi) is 11.1. The number of ether oxygens (including phenoxy) is 2. The standard InChI is InChI=1S/C25H38N8O9/c1-4-6-27-14(34)5-7-28-23(40)20(39)25(2,3)10-41-16(36)8-15(35)29-9-13-18(37)19(38)24(42-13)33-12-32-17-21(26)30-11-31-22(17)33/h11-13,18-20,24,37-39H,4-10H2,1-3H3,(H,27,34)(H,28,40)(H,29,35)(H2,26,30,31)/t13-,18-,19-,20-,24-/m0/s1. The number of amides is 3. The SMILES string of the molecule is CCCNC(=O)CCNC(=O)[C@H](O)C(C)(C)COC(=O)CC(=O)NC[C@@H]1O[C@H](n2cnc3c(N)ncnc32)[C@@H](O)[C@H]1O. The molecule has 3 heterocycles. The van der Waals surface area contributed by atoms with Crippen molar-refractivity contribution in [3.05, 3.63) is 12.7 Å². The molecule has 8 N–H and O–H groups in total. The third kappa shape index (κ3) is 8.09. The zero-order chi connectivity index (χ0) is 31.0. The summed E-state index contributed by atoms with van der Waals surface area (Å²) in [5.74, 6) is -2.47.